The first-order chi connectivity index (χ1) is 14.9. The van der Waals surface area contributed by atoms with Crippen LogP contribution in [0.4, 0.5) is 0 Å². The maximum atomic E-state index is 13.7. The standard InChI is InChI=1S/C23H23N3O4S/c1-5-30-22(28)14(3)31-23-25-19-15-8-6-7-9-16(15)24-20(19)21(27)26(23)17-12-13(2)10-11-18(17)29-4/h6-12,14,24H,5H2,1-4H3. The van der Waals surface area contributed by atoms with Gasteiger partial charge in [-0.25, -0.2) is 9.55 Å². The van der Waals surface area contributed by atoms with E-state index in [1.165, 1.54) is 16.3 Å². The van der Waals surface area contributed by atoms with Gasteiger partial charge in [-0.3, -0.25) is 9.59 Å². The average molecular weight is 438 g/mol. The van der Waals surface area contributed by atoms with Gasteiger partial charge in [-0.2, -0.15) is 0 Å². The zero-order valence-electron chi connectivity index (χ0n) is 17.8. The molecular weight excluding hydrogens is 414 g/mol. The number of methoxy groups -OCH3 is 1. The number of hydrogen-bond donors (Lipinski definition) is 1. The summed E-state index contributed by atoms with van der Waals surface area (Å²) in [7, 11) is 1.56. The molecule has 0 saturated heterocycles. The first-order valence-electron chi connectivity index (χ1n) is 9.96. The van der Waals surface area contributed by atoms with Gasteiger partial charge in [0.15, 0.2) is 5.16 Å². The summed E-state index contributed by atoms with van der Waals surface area (Å²) >= 11 is 1.19. The van der Waals surface area contributed by atoms with E-state index >= 15 is 0 Å². The van der Waals surface area contributed by atoms with Gasteiger partial charge in [-0.1, -0.05) is 36.0 Å². The number of thioether (sulfide) groups is 1. The van der Waals surface area contributed by atoms with Gasteiger partial charge in [0, 0.05) is 10.9 Å². The van der Waals surface area contributed by atoms with Gasteiger partial charge in [-0.05, 0) is 44.5 Å². The molecule has 0 spiro atoms. The van der Waals surface area contributed by atoms with Crippen LogP contribution in [0.25, 0.3) is 27.6 Å². The summed E-state index contributed by atoms with van der Waals surface area (Å²) < 4.78 is 12.2. The van der Waals surface area contributed by atoms with Crippen LogP contribution in [-0.2, 0) is 9.53 Å². The predicted octanol–water partition coefficient (Wildman–Crippen LogP) is 4.23. The monoisotopic (exact) mass is 437 g/mol. The Labute approximate surface area is 183 Å². The van der Waals surface area contributed by atoms with Crippen molar-refractivity contribution in [3.05, 3.63) is 58.4 Å². The SMILES string of the molecule is CCOC(=O)C(C)Sc1nc2c([nH]c3ccccc32)c(=O)n1-c1cc(C)ccc1OC. The van der Waals surface area contributed by atoms with Crippen LogP contribution in [0.15, 0.2) is 52.4 Å². The summed E-state index contributed by atoms with van der Waals surface area (Å²) in [6.07, 6.45) is 0. The number of benzene rings is 2. The number of para-hydroxylation sites is 1. The topological polar surface area (TPSA) is 86.2 Å². The molecule has 0 radical (unpaired) electrons. The molecule has 8 heteroatoms. The highest BCUT2D eigenvalue weighted by molar-refractivity contribution is 8.00. The minimum Gasteiger partial charge on any atom is -0.495 e. The number of fused-ring (bicyclic) bond motifs is 3. The largest absolute Gasteiger partial charge is 0.495 e. The molecule has 1 N–H and O–H groups in total. The highest BCUT2D eigenvalue weighted by Gasteiger charge is 2.24. The van der Waals surface area contributed by atoms with Gasteiger partial charge in [0.25, 0.3) is 5.56 Å². The Morgan fingerprint density at radius 2 is 2.03 bits per heavy atom. The van der Waals surface area contributed by atoms with Crippen molar-refractivity contribution in [2.75, 3.05) is 13.7 Å². The summed E-state index contributed by atoms with van der Waals surface area (Å²) in [6, 6.07) is 13.2. The van der Waals surface area contributed by atoms with E-state index < -0.39 is 5.25 Å². The normalized spacial score (nSPS) is 12.3. The minimum atomic E-state index is -0.545. The molecule has 2 aromatic carbocycles. The molecule has 160 valence electrons. The van der Waals surface area contributed by atoms with Crippen LogP contribution in [-0.4, -0.2) is 39.5 Å². The number of aryl methyl sites for hydroxylation is 1. The molecule has 1 atom stereocenters. The lowest BCUT2D eigenvalue weighted by molar-refractivity contribution is -0.142. The van der Waals surface area contributed by atoms with Crippen molar-refractivity contribution in [2.45, 2.75) is 31.2 Å². The second-order valence-electron chi connectivity index (χ2n) is 7.12. The number of H-pyrrole nitrogens is 1. The number of aromatic nitrogens is 3. The molecule has 31 heavy (non-hydrogen) atoms. The third-order valence-electron chi connectivity index (χ3n) is 4.97. The Hall–Kier alpha value is -3.26. The van der Waals surface area contributed by atoms with Crippen LogP contribution in [0.1, 0.15) is 19.4 Å². The number of nitrogens with one attached hydrogen (secondary N) is 1. The van der Waals surface area contributed by atoms with Crippen LogP contribution >= 0.6 is 11.8 Å². The molecule has 0 saturated carbocycles. The molecule has 2 heterocycles. The lowest BCUT2D eigenvalue weighted by Crippen LogP contribution is -2.25. The molecule has 7 nitrogen and oxygen atoms in total. The lowest BCUT2D eigenvalue weighted by atomic mass is 10.2. The fourth-order valence-electron chi connectivity index (χ4n) is 3.47. The quantitative estimate of drug-likeness (QED) is 0.276. The Morgan fingerprint density at radius 3 is 2.77 bits per heavy atom. The number of nitrogens with zero attached hydrogens (tertiary/aromatic N) is 2. The Kier molecular flexibility index (Phi) is 5.73. The van der Waals surface area contributed by atoms with Crippen LogP contribution in [0, 0.1) is 6.92 Å². The van der Waals surface area contributed by atoms with Crippen molar-refractivity contribution in [1.82, 2.24) is 14.5 Å². The third-order valence-corrected chi connectivity index (χ3v) is 6.00. The highest BCUT2D eigenvalue weighted by Crippen LogP contribution is 2.32. The Balaban J connectivity index is 2.02. The molecule has 0 aliphatic heterocycles. The molecular formula is C23H23N3O4S. The highest BCUT2D eigenvalue weighted by atomic mass is 32.2. The zero-order valence-corrected chi connectivity index (χ0v) is 18.6. The number of carbonyl (C=O) groups excluding carboxylic acids is 1. The van der Waals surface area contributed by atoms with Crippen molar-refractivity contribution in [2.24, 2.45) is 0 Å². The molecule has 2 aromatic heterocycles. The van der Waals surface area contributed by atoms with Gasteiger partial charge in [-0.15, -0.1) is 0 Å². The lowest BCUT2D eigenvalue weighted by Gasteiger charge is -2.17. The molecule has 0 amide bonds. The van der Waals surface area contributed by atoms with Crippen LogP contribution < -0.4 is 10.3 Å². The number of aromatic amines is 1. The Bertz CT molecular complexity index is 1340. The van der Waals surface area contributed by atoms with E-state index in [-0.39, 0.29) is 18.1 Å². The van der Waals surface area contributed by atoms with E-state index in [0.29, 0.717) is 27.6 Å². The maximum Gasteiger partial charge on any atom is 0.319 e. The number of carbonyl (C=O) groups is 1. The zero-order chi connectivity index (χ0) is 22.1. The van der Waals surface area contributed by atoms with E-state index in [4.69, 9.17) is 14.5 Å². The average Bonchev–Trinajstić information content (AvgIpc) is 3.13. The smallest absolute Gasteiger partial charge is 0.319 e. The number of ether oxygens (including phenoxy) is 2. The molecule has 0 fully saturated rings. The maximum absolute atomic E-state index is 13.7. The number of hydrogen-bond acceptors (Lipinski definition) is 6. The van der Waals surface area contributed by atoms with E-state index in [0.717, 1.165) is 16.5 Å². The van der Waals surface area contributed by atoms with E-state index in [1.807, 2.05) is 49.4 Å². The van der Waals surface area contributed by atoms with Crippen molar-refractivity contribution in [3.63, 3.8) is 0 Å². The third kappa shape index (κ3) is 3.79. The van der Waals surface area contributed by atoms with Crippen LogP contribution in [0.3, 0.4) is 0 Å². The number of esters is 1. The van der Waals surface area contributed by atoms with Gasteiger partial charge >= 0.3 is 5.97 Å². The second kappa shape index (κ2) is 8.47. The fourth-order valence-corrected chi connectivity index (χ4v) is 4.39. The first-order valence-corrected chi connectivity index (χ1v) is 10.8. The van der Waals surface area contributed by atoms with E-state index in [1.54, 1.807) is 21.0 Å². The molecule has 1 unspecified atom stereocenters. The molecule has 4 rings (SSSR count). The van der Waals surface area contributed by atoms with Gasteiger partial charge in [0.2, 0.25) is 0 Å². The second-order valence-corrected chi connectivity index (χ2v) is 8.42. The van der Waals surface area contributed by atoms with Crippen molar-refractivity contribution < 1.29 is 14.3 Å². The van der Waals surface area contributed by atoms with E-state index in [9.17, 15) is 9.59 Å². The predicted molar refractivity (Wildman–Crippen MR) is 122 cm³/mol. The van der Waals surface area contributed by atoms with Crippen LogP contribution in [0.5, 0.6) is 5.75 Å². The Morgan fingerprint density at radius 1 is 1.26 bits per heavy atom. The number of rotatable bonds is 6. The van der Waals surface area contributed by atoms with Crippen molar-refractivity contribution in [1.29, 1.82) is 0 Å². The summed E-state index contributed by atoms with van der Waals surface area (Å²) in [5, 5.41) is 0.701. The minimum absolute atomic E-state index is 0.261. The summed E-state index contributed by atoms with van der Waals surface area (Å²) in [6.45, 7) is 5.74. The van der Waals surface area contributed by atoms with Gasteiger partial charge in [0.05, 0.1) is 19.4 Å². The van der Waals surface area contributed by atoms with Crippen LogP contribution in [0.2, 0.25) is 0 Å². The first kappa shape index (κ1) is 21.0. The molecule has 0 aliphatic rings. The fraction of sp³-hybridized carbons (Fsp3) is 0.261. The van der Waals surface area contributed by atoms with Crippen molar-refractivity contribution in [3.8, 4) is 11.4 Å². The summed E-state index contributed by atoms with van der Waals surface area (Å²) in [4.78, 5) is 34.0. The molecule has 4 aromatic rings. The summed E-state index contributed by atoms with van der Waals surface area (Å²) in [5.41, 5.74) is 3.07. The van der Waals surface area contributed by atoms with Crippen molar-refractivity contribution >= 4 is 39.7 Å². The van der Waals surface area contributed by atoms with Gasteiger partial charge < -0.3 is 14.5 Å². The molecule has 0 bridgehead atoms. The van der Waals surface area contributed by atoms with E-state index in [2.05, 4.69) is 4.98 Å². The molecule has 0 aliphatic carbocycles. The van der Waals surface area contributed by atoms with Gasteiger partial charge in [0.1, 0.15) is 22.0 Å². The summed E-state index contributed by atoms with van der Waals surface area (Å²) in [5.74, 6) is 0.180.